The van der Waals surface area contributed by atoms with Gasteiger partial charge in [-0.25, -0.2) is 4.68 Å². The van der Waals surface area contributed by atoms with E-state index in [0.717, 1.165) is 40.2 Å². The van der Waals surface area contributed by atoms with Crippen molar-refractivity contribution in [1.29, 1.82) is 0 Å². The maximum atomic E-state index is 13.7. The standard InChI is InChI=1S/C31H41N5O3/c1-30(2,3)17-19-39-20-18-32-26(37)15-16-27(38)35-21-22-11-7-8-12-23(22)28-29(24-13-9-10-14-25(24)35)36(34-33-28)31(4,5)6/h7-14H,15-21H2,1-6H3,(H,32,37). The van der Waals surface area contributed by atoms with Crippen LogP contribution in [0.25, 0.3) is 22.5 Å². The van der Waals surface area contributed by atoms with Crippen LogP contribution in [0.2, 0.25) is 0 Å². The second kappa shape index (κ2) is 11.7. The third-order valence-corrected chi connectivity index (χ3v) is 6.79. The number of aromatic nitrogens is 3. The number of anilines is 1. The summed E-state index contributed by atoms with van der Waals surface area (Å²) in [6.45, 7) is 14.7. The molecule has 1 aliphatic rings. The molecule has 1 aliphatic heterocycles. The molecule has 2 amide bonds. The van der Waals surface area contributed by atoms with Crippen LogP contribution in [0.5, 0.6) is 0 Å². The summed E-state index contributed by atoms with van der Waals surface area (Å²) in [4.78, 5) is 28.0. The summed E-state index contributed by atoms with van der Waals surface area (Å²) < 4.78 is 7.57. The Balaban J connectivity index is 1.52. The molecule has 2 heterocycles. The third kappa shape index (κ3) is 6.92. The Bertz CT molecular complexity index is 1320. The smallest absolute Gasteiger partial charge is 0.227 e. The second-order valence-corrected chi connectivity index (χ2v) is 12.3. The summed E-state index contributed by atoms with van der Waals surface area (Å²) in [5, 5.41) is 12.0. The van der Waals surface area contributed by atoms with Crippen molar-refractivity contribution in [3.05, 3.63) is 54.1 Å². The summed E-state index contributed by atoms with van der Waals surface area (Å²) in [6.07, 6.45) is 1.19. The van der Waals surface area contributed by atoms with Gasteiger partial charge in [-0.2, -0.15) is 0 Å². The van der Waals surface area contributed by atoms with Crippen molar-refractivity contribution in [3.63, 3.8) is 0 Å². The van der Waals surface area contributed by atoms with Gasteiger partial charge in [-0.15, -0.1) is 5.10 Å². The number of benzene rings is 2. The lowest BCUT2D eigenvalue weighted by molar-refractivity contribution is -0.125. The zero-order valence-corrected chi connectivity index (χ0v) is 24.1. The van der Waals surface area contributed by atoms with E-state index in [1.807, 2.05) is 53.2 Å². The van der Waals surface area contributed by atoms with Crippen LogP contribution in [0.4, 0.5) is 5.69 Å². The van der Waals surface area contributed by atoms with Crippen LogP contribution in [0.1, 0.15) is 66.4 Å². The fourth-order valence-corrected chi connectivity index (χ4v) is 4.64. The van der Waals surface area contributed by atoms with Crippen molar-refractivity contribution in [2.24, 2.45) is 5.41 Å². The number of fused-ring (bicyclic) bond motifs is 5. The topological polar surface area (TPSA) is 89.3 Å². The zero-order chi connectivity index (χ0) is 28.2. The Hall–Kier alpha value is -3.52. The Kier molecular flexibility index (Phi) is 8.54. The number of nitrogens with zero attached hydrogens (tertiary/aromatic N) is 4. The molecule has 1 aromatic heterocycles. The molecule has 8 heteroatoms. The number of para-hydroxylation sites is 1. The summed E-state index contributed by atoms with van der Waals surface area (Å²) >= 11 is 0. The first-order valence-electron chi connectivity index (χ1n) is 13.7. The van der Waals surface area contributed by atoms with Crippen LogP contribution < -0.4 is 10.2 Å². The molecule has 0 bridgehead atoms. The predicted octanol–water partition coefficient (Wildman–Crippen LogP) is 5.56. The summed E-state index contributed by atoms with van der Waals surface area (Å²) in [5.74, 6) is -0.257. The van der Waals surface area contributed by atoms with Gasteiger partial charge in [-0.1, -0.05) is 68.4 Å². The molecule has 0 spiro atoms. The van der Waals surface area contributed by atoms with Gasteiger partial charge in [0.15, 0.2) is 0 Å². The molecule has 0 aliphatic carbocycles. The predicted molar refractivity (Wildman–Crippen MR) is 154 cm³/mol. The van der Waals surface area contributed by atoms with Crippen molar-refractivity contribution in [2.45, 2.75) is 72.9 Å². The highest BCUT2D eigenvalue weighted by atomic mass is 16.5. The summed E-state index contributed by atoms with van der Waals surface area (Å²) in [6, 6.07) is 15.9. The van der Waals surface area contributed by atoms with E-state index in [0.29, 0.717) is 26.3 Å². The minimum absolute atomic E-state index is 0.105. The second-order valence-electron chi connectivity index (χ2n) is 12.3. The first-order chi connectivity index (χ1) is 18.5. The Morgan fingerprint density at radius 1 is 0.923 bits per heavy atom. The van der Waals surface area contributed by atoms with Crippen LogP contribution in [0.15, 0.2) is 48.5 Å². The van der Waals surface area contributed by atoms with E-state index >= 15 is 0 Å². The molecule has 0 saturated heterocycles. The van der Waals surface area contributed by atoms with Crippen LogP contribution in [0.3, 0.4) is 0 Å². The van der Waals surface area contributed by atoms with E-state index in [9.17, 15) is 9.59 Å². The van der Waals surface area contributed by atoms with Gasteiger partial charge in [-0.05, 0) is 44.2 Å². The minimum atomic E-state index is -0.314. The average Bonchev–Trinajstić information content (AvgIpc) is 3.32. The molecule has 4 rings (SSSR count). The number of carbonyl (C=O) groups is 2. The highest BCUT2D eigenvalue weighted by molar-refractivity contribution is 6.01. The molecule has 2 aromatic carbocycles. The highest BCUT2D eigenvalue weighted by Gasteiger charge is 2.31. The average molecular weight is 532 g/mol. The molecule has 0 fully saturated rings. The third-order valence-electron chi connectivity index (χ3n) is 6.79. The first kappa shape index (κ1) is 28.5. The van der Waals surface area contributed by atoms with Crippen molar-refractivity contribution in [1.82, 2.24) is 20.3 Å². The van der Waals surface area contributed by atoms with E-state index in [-0.39, 0.29) is 35.6 Å². The number of hydrogen-bond donors (Lipinski definition) is 1. The molecule has 0 saturated carbocycles. The number of hydrogen-bond acceptors (Lipinski definition) is 5. The number of rotatable bonds is 8. The van der Waals surface area contributed by atoms with E-state index in [1.54, 1.807) is 4.90 Å². The van der Waals surface area contributed by atoms with Crippen molar-refractivity contribution >= 4 is 17.5 Å². The quantitative estimate of drug-likeness (QED) is 0.384. The van der Waals surface area contributed by atoms with Crippen LogP contribution in [-0.4, -0.2) is 46.6 Å². The molecule has 39 heavy (non-hydrogen) atoms. The highest BCUT2D eigenvalue weighted by Crippen LogP contribution is 2.42. The van der Waals surface area contributed by atoms with E-state index in [2.05, 4.69) is 57.2 Å². The molecule has 1 N–H and O–H groups in total. The molecule has 0 atom stereocenters. The molecule has 8 nitrogen and oxygen atoms in total. The maximum absolute atomic E-state index is 13.7. The van der Waals surface area contributed by atoms with Crippen LogP contribution in [-0.2, 0) is 26.4 Å². The van der Waals surface area contributed by atoms with E-state index in [4.69, 9.17) is 4.74 Å². The largest absolute Gasteiger partial charge is 0.380 e. The lowest BCUT2D eigenvalue weighted by Gasteiger charge is -2.30. The Morgan fingerprint density at radius 2 is 1.62 bits per heavy atom. The normalized spacial score (nSPS) is 13.1. The summed E-state index contributed by atoms with van der Waals surface area (Å²) in [7, 11) is 0. The van der Waals surface area contributed by atoms with Gasteiger partial charge in [-0.3, -0.25) is 9.59 Å². The molecular formula is C31H41N5O3. The monoisotopic (exact) mass is 531 g/mol. The van der Waals surface area contributed by atoms with Crippen LogP contribution >= 0.6 is 0 Å². The van der Waals surface area contributed by atoms with Crippen LogP contribution in [0, 0.1) is 5.41 Å². The SMILES string of the molecule is CC(C)(C)CCOCCNC(=O)CCC(=O)N1Cc2ccccc2-c2nnn(C(C)(C)C)c2-c2ccccc21. The van der Waals surface area contributed by atoms with Gasteiger partial charge < -0.3 is 15.0 Å². The number of nitrogens with one attached hydrogen (secondary N) is 1. The molecular weight excluding hydrogens is 490 g/mol. The lowest BCUT2D eigenvalue weighted by Crippen LogP contribution is -2.34. The fourth-order valence-electron chi connectivity index (χ4n) is 4.64. The Morgan fingerprint density at radius 3 is 2.33 bits per heavy atom. The molecule has 0 unspecified atom stereocenters. The van der Waals surface area contributed by atoms with Gasteiger partial charge in [0.05, 0.1) is 30.1 Å². The molecule has 208 valence electrons. The zero-order valence-electron chi connectivity index (χ0n) is 24.1. The van der Waals surface area contributed by atoms with Crippen molar-refractivity contribution < 1.29 is 14.3 Å². The van der Waals surface area contributed by atoms with Crippen molar-refractivity contribution in [2.75, 3.05) is 24.7 Å². The van der Waals surface area contributed by atoms with Gasteiger partial charge >= 0.3 is 0 Å². The number of carbonyl (C=O) groups excluding carboxylic acids is 2. The molecule has 3 aromatic rings. The van der Waals surface area contributed by atoms with E-state index in [1.165, 1.54) is 0 Å². The number of amides is 2. The Labute approximate surface area is 231 Å². The van der Waals surface area contributed by atoms with Gasteiger partial charge in [0, 0.05) is 37.1 Å². The van der Waals surface area contributed by atoms with Gasteiger partial charge in [0.1, 0.15) is 5.69 Å². The van der Waals surface area contributed by atoms with E-state index < -0.39 is 0 Å². The van der Waals surface area contributed by atoms with Gasteiger partial charge in [0.2, 0.25) is 11.8 Å². The number of ether oxygens (including phenoxy) is 1. The van der Waals surface area contributed by atoms with Gasteiger partial charge in [0.25, 0.3) is 0 Å². The minimum Gasteiger partial charge on any atom is -0.380 e. The maximum Gasteiger partial charge on any atom is 0.227 e. The molecule has 0 radical (unpaired) electrons. The fraction of sp³-hybridized carbons (Fsp3) is 0.484. The summed E-state index contributed by atoms with van der Waals surface area (Å²) in [5.41, 5.74) is 5.23. The van der Waals surface area contributed by atoms with Crippen molar-refractivity contribution in [3.8, 4) is 22.5 Å². The first-order valence-corrected chi connectivity index (χ1v) is 13.7. The lowest BCUT2D eigenvalue weighted by atomic mass is 9.93.